The molecule has 0 spiro atoms. The minimum atomic E-state index is -1.04. The second-order valence-electron chi connectivity index (χ2n) is 9.60. The zero-order valence-electron chi connectivity index (χ0n) is 22.2. The van der Waals surface area contributed by atoms with Crippen molar-refractivity contribution in [3.63, 3.8) is 0 Å². The van der Waals surface area contributed by atoms with Crippen molar-refractivity contribution in [3.8, 4) is 0 Å². The van der Waals surface area contributed by atoms with Crippen molar-refractivity contribution in [1.29, 1.82) is 5.41 Å². The molecule has 2 aromatic carbocycles. The standard InChI is InChI=1S/C26H29N5O5.C2H4O2/c27-24(28)17-10-12-19(16(14-17)11-13-23(33)34)25(35)29-30-15-22(32)31(18-6-2-1-3-7-18)21-9-5-4-8-20(21)26(30)36;1-2(3)4/h4-5,8-10,12,14,18H,1-3,6-7,11,13,15H2,(H3,27,28)(H,29,35)(H,33,34);1H3,(H,3,4). The Morgan fingerprint density at radius 2 is 1.70 bits per heavy atom. The lowest BCUT2D eigenvalue weighted by Gasteiger charge is -2.34. The van der Waals surface area contributed by atoms with Gasteiger partial charge in [-0.15, -0.1) is 0 Å². The molecule has 4 rings (SSSR count). The molecule has 3 amide bonds. The van der Waals surface area contributed by atoms with Gasteiger partial charge in [-0.2, -0.15) is 0 Å². The zero-order valence-corrected chi connectivity index (χ0v) is 22.2. The molecule has 1 aliphatic heterocycles. The quantitative estimate of drug-likeness (QED) is 0.256. The number of nitrogen functional groups attached to an aromatic ring is 1. The molecule has 0 aromatic heterocycles. The van der Waals surface area contributed by atoms with Gasteiger partial charge in [0.25, 0.3) is 17.8 Å². The van der Waals surface area contributed by atoms with Crippen LogP contribution in [0.4, 0.5) is 5.69 Å². The summed E-state index contributed by atoms with van der Waals surface area (Å²) in [7, 11) is 0. The molecule has 0 saturated heterocycles. The number of rotatable bonds is 7. The van der Waals surface area contributed by atoms with Gasteiger partial charge in [-0.25, -0.2) is 5.01 Å². The summed E-state index contributed by atoms with van der Waals surface area (Å²) >= 11 is 0. The predicted molar refractivity (Wildman–Crippen MR) is 146 cm³/mol. The molecule has 40 heavy (non-hydrogen) atoms. The Labute approximate surface area is 231 Å². The first-order chi connectivity index (χ1) is 19.0. The second-order valence-corrected chi connectivity index (χ2v) is 9.60. The number of nitrogens with zero attached hydrogens (tertiary/aromatic N) is 2. The van der Waals surface area contributed by atoms with E-state index >= 15 is 0 Å². The van der Waals surface area contributed by atoms with Crippen molar-refractivity contribution in [2.75, 3.05) is 11.4 Å². The molecule has 2 aliphatic rings. The van der Waals surface area contributed by atoms with Crippen LogP contribution in [0, 0.1) is 5.41 Å². The summed E-state index contributed by atoms with van der Waals surface area (Å²) in [4.78, 5) is 61.9. The maximum Gasteiger partial charge on any atom is 0.303 e. The number of amides is 3. The number of aliphatic carboxylic acids is 2. The Morgan fingerprint density at radius 3 is 2.33 bits per heavy atom. The van der Waals surface area contributed by atoms with Crippen LogP contribution in [0.2, 0.25) is 0 Å². The van der Waals surface area contributed by atoms with Gasteiger partial charge in [-0.3, -0.25) is 34.8 Å². The first kappa shape index (κ1) is 29.8. The van der Waals surface area contributed by atoms with E-state index in [2.05, 4.69) is 5.43 Å². The molecular formula is C28H33N5O7. The molecule has 2 aromatic rings. The smallest absolute Gasteiger partial charge is 0.303 e. The summed E-state index contributed by atoms with van der Waals surface area (Å²) in [6.45, 7) is 0.756. The predicted octanol–water partition coefficient (Wildman–Crippen LogP) is 2.55. The van der Waals surface area contributed by atoms with Crippen LogP contribution in [0.3, 0.4) is 0 Å². The SMILES string of the molecule is CC(=O)O.N=C(N)c1ccc(C(=O)NN2CC(=O)N(C3CCCCC3)c3ccccc3C2=O)c(CCC(=O)O)c1. The van der Waals surface area contributed by atoms with Gasteiger partial charge in [0.15, 0.2) is 0 Å². The summed E-state index contributed by atoms with van der Waals surface area (Å²) in [5.74, 6) is -3.53. The number of amidine groups is 1. The zero-order chi connectivity index (χ0) is 29.4. The fraction of sp³-hybridized carbons (Fsp3) is 0.357. The number of nitrogens with two attached hydrogens (primary N) is 1. The molecule has 0 bridgehead atoms. The molecule has 6 N–H and O–H groups in total. The number of hydrazine groups is 1. The van der Waals surface area contributed by atoms with Crippen LogP contribution in [-0.2, 0) is 20.8 Å². The average molecular weight is 552 g/mol. The van der Waals surface area contributed by atoms with Crippen LogP contribution in [0.5, 0.6) is 0 Å². The van der Waals surface area contributed by atoms with Crippen LogP contribution in [0.25, 0.3) is 0 Å². The summed E-state index contributed by atoms with van der Waals surface area (Å²) in [5.41, 5.74) is 9.86. The van der Waals surface area contributed by atoms with E-state index in [9.17, 15) is 19.2 Å². The van der Waals surface area contributed by atoms with Crippen LogP contribution in [0.1, 0.15) is 77.3 Å². The van der Waals surface area contributed by atoms with Crippen molar-refractivity contribution in [2.24, 2.45) is 5.73 Å². The number of nitrogens with one attached hydrogen (secondary N) is 2. The largest absolute Gasteiger partial charge is 0.481 e. The highest BCUT2D eigenvalue weighted by Gasteiger charge is 2.36. The number of hydrogen-bond donors (Lipinski definition) is 5. The molecule has 12 nitrogen and oxygen atoms in total. The molecular weight excluding hydrogens is 518 g/mol. The van der Waals surface area contributed by atoms with E-state index in [0.29, 0.717) is 22.4 Å². The van der Waals surface area contributed by atoms with E-state index in [0.717, 1.165) is 44.0 Å². The van der Waals surface area contributed by atoms with Crippen molar-refractivity contribution in [1.82, 2.24) is 10.4 Å². The maximum atomic E-state index is 13.4. The molecule has 212 valence electrons. The number of anilines is 1. The fourth-order valence-corrected chi connectivity index (χ4v) is 4.87. The number of benzene rings is 2. The van der Waals surface area contributed by atoms with E-state index in [1.807, 2.05) is 0 Å². The number of carbonyl (C=O) groups is 5. The van der Waals surface area contributed by atoms with Gasteiger partial charge in [-0.05, 0) is 49.1 Å². The van der Waals surface area contributed by atoms with Gasteiger partial charge in [0.2, 0.25) is 5.91 Å². The summed E-state index contributed by atoms with van der Waals surface area (Å²) < 4.78 is 0. The highest BCUT2D eigenvalue weighted by molar-refractivity contribution is 6.11. The van der Waals surface area contributed by atoms with Crippen LogP contribution >= 0.6 is 0 Å². The third-order valence-corrected chi connectivity index (χ3v) is 6.65. The Kier molecular flexibility index (Phi) is 9.96. The molecule has 1 fully saturated rings. The summed E-state index contributed by atoms with van der Waals surface area (Å²) in [5, 5.41) is 25.2. The highest BCUT2D eigenvalue weighted by atomic mass is 16.4. The Hall–Kier alpha value is -4.74. The van der Waals surface area contributed by atoms with Crippen LogP contribution < -0.4 is 16.1 Å². The van der Waals surface area contributed by atoms with Gasteiger partial charge < -0.3 is 20.8 Å². The van der Waals surface area contributed by atoms with E-state index in [1.54, 1.807) is 29.2 Å². The highest BCUT2D eigenvalue weighted by Crippen LogP contribution is 2.32. The molecule has 0 unspecified atom stereocenters. The average Bonchev–Trinajstić information content (AvgIpc) is 3.01. The summed E-state index contributed by atoms with van der Waals surface area (Å²) in [6.07, 6.45) is 4.66. The van der Waals surface area contributed by atoms with Gasteiger partial charge in [-0.1, -0.05) is 37.5 Å². The second kappa shape index (κ2) is 13.4. The molecule has 1 aliphatic carbocycles. The Balaban J connectivity index is 0.00000103. The van der Waals surface area contributed by atoms with E-state index in [1.165, 1.54) is 18.2 Å². The van der Waals surface area contributed by atoms with Gasteiger partial charge >= 0.3 is 5.97 Å². The first-order valence-corrected chi connectivity index (χ1v) is 12.9. The number of fused-ring (bicyclic) bond motifs is 1. The minimum absolute atomic E-state index is 0.00222. The summed E-state index contributed by atoms with van der Waals surface area (Å²) in [6, 6.07) is 11.3. The number of hydrogen-bond acceptors (Lipinski definition) is 6. The third-order valence-electron chi connectivity index (χ3n) is 6.65. The fourth-order valence-electron chi connectivity index (χ4n) is 4.87. The van der Waals surface area contributed by atoms with E-state index in [4.69, 9.17) is 26.2 Å². The minimum Gasteiger partial charge on any atom is -0.481 e. The molecule has 0 radical (unpaired) electrons. The lowest BCUT2D eigenvalue weighted by molar-refractivity contribution is -0.137. The van der Waals surface area contributed by atoms with Gasteiger partial charge in [0.1, 0.15) is 12.4 Å². The lowest BCUT2D eigenvalue weighted by Crippen LogP contribution is -2.51. The van der Waals surface area contributed by atoms with Crippen molar-refractivity contribution in [2.45, 2.75) is 57.9 Å². The first-order valence-electron chi connectivity index (χ1n) is 12.9. The van der Waals surface area contributed by atoms with Crippen molar-refractivity contribution < 1.29 is 34.2 Å². The number of para-hydroxylation sites is 1. The molecule has 0 atom stereocenters. The third kappa shape index (κ3) is 7.43. The Morgan fingerprint density at radius 1 is 1.05 bits per heavy atom. The van der Waals surface area contributed by atoms with Crippen molar-refractivity contribution in [3.05, 3.63) is 64.7 Å². The van der Waals surface area contributed by atoms with E-state index in [-0.39, 0.29) is 42.7 Å². The normalized spacial score (nSPS) is 15.3. The topological polar surface area (TPSA) is 194 Å². The number of carboxylic acid groups (broad SMARTS) is 2. The molecule has 1 saturated carbocycles. The monoisotopic (exact) mass is 551 g/mol. The maximum absolute atomic E-state index is 13.4. The number of carbonyl (C=O) groups excluding carboxylic acids is 3. The van der Waals surface area contributed by atoms with Crippen LogP contribution in [0.15, 0.2) is 42.5 Å². The Bertz CT molecular complexity index is 1320. The van der Waals surface area contributed by atoms with Gasteiger partial charge in [0, 0.05) is 30.5 Å². The van der Waals surface area contributed by atoms with Gasteiger partial charge in [0.05, 0.1) is 11.3 Å². The van der Waals surface area contributed by atoms with Crippen molar-refractivity contribution >= 4 is 41.2 Å². The lowest BCUT2D eigenvalue weighted by atomic mass is 9.93. The van der Waals surface area contributed by atoms with Crippen LogP contribution in [-0.4, -0.2) is 63.3 Å². The molecule has 1 heterocycles. The number of carboxylic acids is 2. The van der Waals surface area contributed by atoms with E-state index < -0.39 is 23.8 Å². The number of aryl methyl sites for hydroxylation is 1. The molecule has 12 heteroatoms.